The summed E-state index contributed by atoms with van der Waals surface area (Å²) >= 11 is 0. The average molecular weight is 261 g/mol. The summed E-state index contributed by atoms with van der Waals surface area (Å²) in [5.41, 5.74) is 4.65. The zero-order valence-electron chi connectivity index (χ0n) is 13.6. The van der Waals surface area contributed by atoms with Crippen LogP contribution in [0.15, 0.2) is 18.2 Å². The van der Waals surface area contributed by atoms with E-state index in [0.717, 1.165) is 13.1 Å². The maximum absolute atomic E-state index is 3.60. The van der Waals surface area contributed by atoms with Crippen LogP contribution in [0.25, 0.3) is 0 Å². The molecule has 1 atom stereocenters. The molecule has 0 bridgehead atoms. The highest BCUT2D eigenvalue weighted by molar-refractivity contribution is 5.31. The van der Waals surface area contributed by atoms with Gasteiger partial charge in [0.2, 0.25) is 0 Å². The Bertz CT molecular complexity index is 387. The predicted molar refractivity (Wildman–Crippen MR) is 85.7 cm³/mol. The molecule has 0 heterocycles. The number of nitrogens with one attached hydrogen (secondary N) is 1. The van der Waals surface area contributed by atoms with Gasteiger partial charge >= 0.3 is 0 Å². The van der Waals surface area contributed by atoms with Crippen LogP contribution in [0.1, 0.15) is 50.8 Å². The molecule has 0 radical (unpaired) electrons. The Morgan fingerprint density at radius 3 is 2.42 bits per heavy atom. The van der Waals surface area contributed by atoms with Crippen molar-refractivity contribution in [2.45, 2.75) is 54.4 Å². The molecule has 0 aromatic heterocycles. The highest BCUT2D eigenvalue weighted by Crippen LogP contribution is 2.29. The summed E-state index contributed by atoms with van der Waals surface area (Å²) in [6.07, 6.45) is 2.38. The van der Waals surface area contributed by atoms with E-state index in [-0.39, 0.29) is 0 Å². The van der Waals surface area contributed by atoms with Gasteiger partial charge in [-0.25, -0.2) is 0 Å². The van der Waals surface area contributed by atoms with E-state index in [2.05, 4.69) is 65.1 Å². The molecule has 19 heavy (non-hydrogen) atoms. The molecule has 0 fully saturated rings. The van der Waals surface area contributed by atoms with Crippen molar-refractivity contribution in [2.75, 3.05) is 13.1 Å². The molecule has 1 aromatic rings. The fourth-order valence-electron chi connectivity index (χ4n) is 2.42. The van der Waals surface area contributed by atoms with Gasteiger partial charge in [0.25, 0.3) is 0 Å². The number of rotatable bonds is 6. The van der Waals surface area contributed by atoms with E-state index < -0.39 is 0 Å². The smallest absolute Gasteiger partial charge is 0.00123 e. The van der Waals surface area contributed by atoms with Gasteiger partial charge in [0, 0.05) is 0 Å². The van der Waals surface area contributed by atoms with Crippen molar-refractivity contribution >= 4 is 0 Å². The first-order chi connectivity index (χ1) is 8.84. The molecule has 0 spiro atoms. The van der Waals surface area contributed by atoms with Gasteiger partial charge in [0.05, 0.1) is 0 Å². The molecule has 0 aliphatic rings. The zero-order valence-corrected chi connectivity index (χ0v) is 13.6. The van der Waals surface area contributed by atoms with E-state index >= 15 is 0 Å². The van der Waals surface area contributed by atoms with Crippen LogP contribution >= 0.6 is 0 Å². The van der Waals surface area contributed by atoms with Crippen LogP contribution < -0.4 is 5.32 Å². The summed E-state index contributed by atoms with van der Waals surface area (Å²) in [6, 6.07) is 6.82. The van der Waals surface area contributed by atoms with Crippen molar-refractivity contribution in [3.63, 3.8) is 0 Å². The van der Waals surface area contributed by atoms with Crippen molar-refractivity contribution in [1.29, 1.82) is 0 Å². The Hall–Kier alpha value is -0.820. The molecule has 0 aliphatic carbocycles. The predicted octanol–water partition coefficient (Wildman–Crippen LogP) is 4.51. The third-order valence-corrected chi connectivity index (χ3v) is 4.01. The molecule has 1 N–H and O–H groups in total. The second-order valence-electron chi connectivity index (χ2n) is 6.90. The minimum Gasteiger partial charge on any atom is -0.316 e. The normalized spacial score (nSPS) is 13.6. The fourth-order valence-corrected chi connectivity index (χ4v) is 2.42. The molecule has 1 nitrogen and oxygen atoms in total. The molecule has 0 saturated carbocycles. The maximum Gasteiger partial charge on any atom is -0.00123 e. The lowest BCUT2D eigenvalue weighted by atomic mass is 9.76. The van der Waals surface area contributed by atoms with E-state index in [1.54, 1.807) is 0 Å². The van der Waals surface area contributed by atoms with Crippen LogP contribution in [0.5, 0.6) is 0 Å². The standard InChI is InChI=1S/C18H31N/c1-7-10-19-13-17(18(4,5)6)12-16-11-14(2)8-9-15(16)3/h8-9,11,17,19H,7,10,12-13H2,1-6H3. The molecular weight excluding hydrogens is 230 g/mol. The molecular formula is C18H31N. The van der Waals surface area contributed by atoms with E-state index in [0.29, 0.717) is 11.3 Å². The molecule has 0 saturated heterocycles. The third kappa shape index (κ3) is 5.36. The van der Waals surface area contributed by atoms with Gasteiger partial charge in [0.1, 0.15) is 0 Å². The number of aryl methyl sites for hydroxylation is 2. The fraction of sp³-hybridized carbons (Fsp3) is 0.667. The minimum atomic E-state index is 0.344. The first kappa shape index (κ1) is 16.2. The van der Waals surface area contributed by atoms with Crippen LogP contribution in [0.4, 0.5) is 0 Å². The van der Waals surface area contributed by atoms with Crippen molar-refractivity contribution < 1.29 is 0 Å². The summed E-state index contributed by atoms with van der Waals surface area (Å²) in [5.74, 6) is 0.680. The summed E-state index contributed by atoms with van der Waals surface area (Å²) in [7, 11) is 0. The second kappa shape index (κ2) is 7.09. The number of hydrogen-bond donors (Lipinski definition) is 1. The molecule has 1 rings (SSSR count). The quantitative estimate of drug-likeness (QED) is 0.743. The van der Waals surface area contributed by atoms with Crippen LogP contribution in [0.3, 0.4) is 0 Å². The van der Waals surface area contributed by atoms with Gasteiger partial charge in [-0.2, -0.15) is 0 Å². The van der Waals surface area contributed by atoms with Crippen LogP contribution in [-0.4, -0.2) is 13.1 Å². The van der Waals surface area contributed by atoms with E-state index in [4.69, 9.17) is 0 Å². The average Bonchev–Trinajstić information content (AvgIpc) is 2.31. The largest absolute Gasteiger partial charge is 0.316 e. The molecule has 0 aliphatic heterocycles. The third-order valence-electron chi connectivity index (χ3n) is 4.01. The molecule has 108 valence electrons. The zero-order chi connectivity index (χ0) is 14.5. The summed E-state index contributed by atoms with van der Waals surface area (Å²) in [4.78, 5) is 0. The SMILES string of the molecule is CCCNCC(Cc1cc(C)ccc1C)C(C)(C)C. The Balaban J connectivity index is 2.79. The van der Waals surface area contributed by atoms with Crippen molar-refractivity contribution in [1.82, 2.24) is 5.32 Å². The van der Waals surface area contributed by atoms with Gasteiger partial charge in [-0.3, -0.25) is 0 Å². The van der Waals surface area contributed by atoms with Crippen molar-refractivity contribution in [2.24, 2.45) is 11.3 Å². The van der Waals surface area contributed by atoms with Gasteiger partial charge in [-0.05, 0) is 62.2 Å². The highest BCUT2D eigenvalue weighted by Gasteiger charge is 2.24. The Kier molecular flexibility index (Phi) is 6.06. The van der Waals surface area contributed by atoms with E-state index in [1.165, 1.54) is 29.5 Å². The molecule has 1 unspecified atom stereocenters. The lowest BCUT2D eigenvalue weighted by Crippen LogP contribution is -2.34. The number of hydrogen-bond acceptors (Lipinski definition) is 1. The van der Waals surface area contributed by atoms with Crippen LogP contribution in [0, 0.1) is 25.2 Å². The maximum atomic E-state index is 3.60. The summed E-state index contributed by atoms with van der Waals surface area (Å²) < 4.78 is 0. The highest BCUT2D eigenvalue weighted by atomic mass is 14.9. The van der Waals surface area contributed by atoms with E-state index in [1.807, 2.05) is 0 Å². The Labute approximate surface area is 119 Å². The van der Waals surface area contributed by atoms with E-state index in [9.17, 15) is 0 Å². The Morgan fingerprint density at radius 1 is 1.16 bits per heavy atom. The van der Waals surface area contributed by atoms with Gasteiger partial charge in [-0.1, -0.05) is 51.5 Å². The Morgan fingerprint density at radius 2 is 1.84 bits per heavy atom. The second-order valence-corrected chi connectivity index (χ2v) is 6.90. The minimum absolute atomic E-state index is 0.344. The van der Waals surface area contributed by atoms with Crippen LogP contribution in [0.2, 0.25) is 0 Å². The number of benzene rings is 1. The van der Waals surface area contributed by atoms with Crippen molar-refractivity contribution in [3.05, 3.63) is 34.9 Å². The van der Waals surface area contributed by atoms with Gasteiger partial charge in [-0.15, -0.1) is 0 Å². The molecule has 0 amide bonds. The van der Waals surface area contributed by atoms with Gasteiger partial charge < -0.3 is 5.32 Å². The first-order valence-corrected chi connectivity index (χ1v) is 7.61. The lowest BCUT2D eigenvalue weighted by Gasteiger charge is -2.32. The lowest BCUT2D eigenvalue weighted by molar-refractivity contribution is 0.231. The summed E-state index contributed by atoms with van der Waals surface area (Å²) in [5, 5.41) is 3.60. The van der Waals surface area contributed by atoms with Gasteiger partial charge in [0.15, 0.2) is 0 Å². The monoisotopic (exact) mass is 261 g/mol. The van der Waals surface area contributed by atoms with Crippen molar-refractivity contribution in [3.8, 4) is 0 Å². The topological polar surface area (TPSA) is 12.0 Å². The first-order valence-electron chi connectivity index (χ1n) is 7.61. The molecule has 1 aromatic carbocycles. The molecule has 1 heteroatoms. The van der Waals surface area contributed by atoms with Crippen LogP contribution in [-0.2, 0) is 6.42 Å². The summed E-state index contributed by atoms with van der Waals surface area (Å²) in [6.45, 7) is 16.0.